The van der Waals surface area contributed by atoms with E-state index in [9.17, 15) is 0 Å². The number of rotatable bonds is 3. The lowest BCUT2D eigenvalue weighted by Gasteiger charge is -2.28. The van der Waals surface area contributed by atoms with Gasteiger partial charge in [-0.05, 0) is 31.2 Å². The van der Waals surface area contributed by atoms with Gasteiger partial charge in [-0.2, -0.15) is 0 Å². The monoisotopic (exact) mass is 313 g/mol. The minimum atomic E-state index is 0.406. The second kappa shape index (κ2) is 5.67. The van der Waals surface area contributed by atoms with Gasteiger partial charge in [0.1, 0.15) is 0 Å². The number of hydrogen-bond donors (Lipinski definition) is 1. The maximum atomic E-state index is 6.13. The van der Waals surface area contributed by atoms with Gasteiger partial charge in [0, 0.05) is 23.8 Å². The average molecular weight is 314 g/mol. The SMILES string of the molecule is Clc1ccc(N(c2nccs2)[C@H]2CCNC2)cc1Cl. The van der Waals surface area contributed by atoms with E-state index in [1.165, 1.54) is 0 Å². The Kier molecular flexibility index (Phi) is 3.93. The topological polar surface area (TPSA) is 28.2 Å². The first-order valence-corrected chi connectivity index (χ1v) is 7.74. The number of hydrogen-bond acceptors (Lipinski definition) is 4. The molecule has 2 heterocycles. The second-order valence-electron chi connectivity index (χ2n) is 4.43. The van der Waals surface area contributed by atoms with Crippen LogP contribution in [0.25, 0.3) is 0 Å². The molecule has 1 saturated heterocycles. The van der Waals surface area contributed by atoms with E-state index in [0.29, 0.717) is 16.1 Å². The molecule has 1 fully saturated rings. The van der Waals surface area contributed by atoms with Gasteiger partial charge in [0.05, 0.1) is 16.1 Å². The van der Waals surface area contributed by atoms with Gasteiger partial charge in [-0.25, -0.2) is 4.98 Å². The Hall–Kier alpha value is -0.810. The molecule has 0 unspecified atom stereocenters. The van der Waals surface area contributed by atoms with Gasteiger partial charge in [0.2, 0.25) is 0 Å². The standard InChI is InChI=1S/C13H13Cl2N3S/c14-11-2-1-9(7-12(11)15)18(10-3-4-16-8-10)13-17-5-6-19-13/h1-2,5-7,10,16H,3-4,8H2/t10-/m0/s1. The Balaban J connectivity index is 2.00. The lowest BCUT2D eigenvalue weighted by Crippen LogP contribution is -2.32. The molecule has 0 saturated carbocycles. The molecule has 0 spiro atoms. The number of anilines is 2. The van der Waals surface area contributed by atoms with E-state index in [4.69, 9.17) is 23.2 Å². The molecule has 1 aromatic carbocycles. The highest BCUT2D eigenvalue weighted by Crippen LogP contribution is 2.35. The van der Waals surface area contributed by atoms with Crippen molar-refractivity contribution >= 4 is 45.4 Å². The van der Waals surface area contributed by atoms with Gasteiger partial charge in [-0.15, -0.1) is 11.3 Å². The summed E-state index contributed by atoms with van der Waals surface area (Å²) in [7, 11) is 0. The minimum absolute atomic E-state index is 0.406. The summed E-state index contributed by atoms with van der Waals surface area (Å²) in [6.07, 6.45) is 2.92. The molecule has 1 aliphatic rings. The fraction of sp³-hybridized carbons (Fsp3) is 0.308. The molecule has 19 heavy (non-hydrogen) atoms. The summed E-state index contributed by atoms with van der Waals surface area (Å²) in [6.45, 7) is 1.99. The summed E-state index contributed by atoms with van der Waals surface area (Å²) in [6, 6.07) is 6.14. The fourth-order valence-corrected chi connectivity index (χ4v) is 3.33. The van der Waals surface area contributed by atoms with E-state index in [-0.39, 0.29) is 0 Å². The van der Waals surface area contributed by atoms with Crippen molar-refractivity contribution in [1.29, 1.82) is 0 Å². The van der Waals surface area contributed by atoms with Crippen LogP contribution < -0.4 is 10.2 Å². The van der Waals surface area contributed by atoms with Crippen molar-refractivity contribution in [2.75, 3.05) is 18.0 Å². The summed E-state index contributed by atoms with van der Waals surface area (Å²) >= 11 is 13.8. The molecule has 6 heteroatoms. The van der Waals surface area contributed by atoms with E-state index in [1.54, 1.807) is 11.3 Å². The third kappa shape index (κ3) is 2.72. The molecule has 3 rings (SSSR count). The lowest BCUT2D eigenvalue weighted by molar-refractivity contribution is 0.710. The summed E-state index contributed by atoms with van der Waals surface area (Å²) in [5.41, 5.74) is 1.04. The highest BCUT2D eigenvalue weighted by Gasteiger charge is 2.26. The molecule has 1 N–H and O–H groups in total. The first-order chi connectivity index (χ1) is 9.25. The maximum absolute atomic E-state index is 6.13. The Morgan fingerprint density at radius 2 is 2.21 bits per heavy atom. The molecule has 1 atom stereocenters. The van der Waals surface area contributed by atoms with Gasteiger partial charge >= 0.3 is 0 Å². The van der Waals surface area contributed by atoms with Gasteiger partial charge < -0.3 is 10.2 Å². The first kappa shape index (κ1) is 13.2. The smallest absolute Gasteiger partial charge is 0.190 e. The van der Waals surface area contributed by atoms with E-state index in [2.05, 4.69) is 15.2 Å². The average Bonchev–Trinajstić information content (AvgIpc) is 3.07. The highest BCUT2D eigenvalue weighted by atomic mass is 35.5. The van der Waals surface area contributed by atoms with Crippen LogP contribution in [0.2, 0.25) is 10.0 Å². The molecule has 0 radical (unpaired) electrons. The van der Waals surface area contributed by atoms with Gasteiger partial charge in [0.15, 0.2) is 5.13 Å². The number of halogens is 2. The lowest BCUT2D eigenvalue weighted by atomic mass is 10.2. The van der Waals surface area contributed by atoms with Crippen LogP contribution in [-0.4, -0.2) is 24.1 Å². The Morgan fingerprint density at radius 1 is 1.32 bits per heavy atom. The van der Waals surface area contributed by atoms with Gasteiger partial charge in [-0.1, -0.05) is 23.2 Å². The Labute approximate surface area is 126 Å². The van der Waals surface area contributed by atoms with Crippen molar-refractivity contribution in [3.05, 3.63) is 39.8 Å². The number of nitrogens with one attached hydrogen (secondary N) is 1. The minimum Gasteiger partial charge on any atom is -0.315 e. The van der Waals surface area contributed by atoms with Crippen molar-refractivity contribution in [2.24, 2.45) is 0 Å². The van der Waals surface area contributed by atoms with Crippen LogP contribution in [0.4, 0.5) is 10.8 Å². The van der Waals surface area contributed by atoms with Crippen molar-refractivity contribution in [3.8, 4) is 0 Å². The van der Waals surface area contributed by atoms with Crippen LogP contribution in [0.5, 0.6) is 0 Å². The van der Waals surface area contributed by atoms with Crippen molar-refractivity contribution < 1.29 is 0 Å². The summed E-state index contributed by atoms with van der Waals surface area (Å²) < 4.78 is 0. The van der Waals surface area contributed by atoms with Gasteiger partial charge in [0.25, 0.3) is 0 Å². The van der Waals surface area contributed by atoms with Crippen LogP contribution in [0, 0.1) is 0 Å². The summed E-state index contributed by atoms with van der Waals surface area (Å²) in [4.78, 5) is 6.67. The van der Waals surface area contributed by atoms with Crippen LogP contribution >= 0.6 is 34.5 Å². The fourth-order valence-electron chi connectivity index (χ4n) is 2.31. The van der Waals surface area contributed by atoms with Crippen molar-refractivity contribution in [2.45, 2.75) is 12.5 Å². The number of nitrogens with zero attached hydrogens (tertiary/aromatic N) is 2. The third-order valence-corrected chi connectivity index (χ3v) is 4.72. The zero-order valence-electron chi connectivity index (χ0n) is 10.1. The zero-order valence-corrected chi connectivity index (χ0v) is 12.5. The third-order valence-electron chi connectivity index (χ3n) is 3.21. The van der Waals surface area contributed by atoms with E-state index in [1.807, 2.05) is 29.8 Å². The largest absolute Gasteiger partial charge is 0.315 e. The molecule has 1 aliphatic heterocycles. The maximum Gasteiger partial charge on any atom is 0.190 e. The quantitative estimate of drug-likeness (QED) is 0.930. The number of aromatic nitrogens is 1. The molecule has 1 aromatic heterocycles. The summed E-state index contributed by atoms with van der Waals surface area (Å²) in [5.74, 6) is 0. The molecular weight excluding hydrogens is 301 g/mol. The predicted molar refractivity (Wildman–Crippen MR) is 82.0 cm³/mol. The molecule has 100 valence electrons. The second-order valence-corrected chi connectivity index (χ2v) is 6.12. The first-order valence-electron chi connectivity index (χ1n) is 6.10. The van der Waals surface area contributed by atoms with Crippen LogP contribution in [0.3, 0.4) is 0 Å². The predicted octanol–water partition coefficient (Wildman–Crippen LogP) is 3.95. The summed E-state index contributed by atoms with van der Waals surface area (Å²) in [5, 5.41) is 7.52. The van der Waals surface area contributed by atoms with Crippen LogP contribution in [0.1, 0.15) is 6.42 Å². The normalized spacial score (nSPS) is 18.7. The molecule has 3 nitrogen and oxygen atoms in total. The Bertz CT molecular complexity index is 553. The van der Waals surface area contributed by atoms with Crippen LogP contribution in [0.15, 0.2) is 29.8 Å². The van der Waals surface area contributed by atoms with Crippen molar-refractivity contribution in [1.82, 2.24) is 10.3 Å². The van der Waals surface area contributed by atoms with E-state index < -0.39 is 0 Å². The molecule has 0 aliphatic carbocycles. The van der Waals surface area contributed by atoms with Crippen molar-refractivity contribution in [3.63, 3.8) is 0 Å². The van der Waals surface area contributed by atoms with Crippen LogP contribution in [-0.2, 0) is 0 Å². The highest BCUT2D eigenvalue weighted by molar-refractivity contribution is 7.13. The Morgan fingerprint density at radius 3 is 2.84 bits per heavy atom. The number of thiazole rings is 1. The van der Waals surface area contributed by atoms with E-state index in [0.717, 1.165) is 30.3 Å². The van der Waals surface area contributed by atoms with E-state index >= 15 is 0 Å². The molecule has 0 amide bonds. The number of benzene rings is 1. The molecule has 0 bridgehead atoms. The van der Waals surface area contributed by atoms with Gasteiger partial charge in [-0.3, -0.25) is 0 Å². The molecule has 2 aromatic rings. The molecular formula is C13H13Cl2N3S. The zero-order chi connectivity index (χ0) is 13.2.